The fourth-order valence-corrected chi connectivity index (χ4v) is 3.57. The van der Waals surface area contributed by atoms with E-state index in [2.05, 4.69) is 33.0 Å². The molecule has 1 aromatic heterocycles. The van der Waals surface area contributed by atoms with Crippen LogP contribution in [-0.4, -0.2) is 52.0 Å². The van der Waals surface area contributed by atoms with Gasteiger partial charge in [-0.3, -0.25) is 4.90 Å². The molecule has 0 radical (unpaired) electrons. The van der Waals surface area contributed by atoms with E-state index in [0.717, 1.165) is 36.5 Å². The molecule has 2 N–H and O–H groups in total. The number of thiophene rings is 1. The SMILES string of the molecule is COCCCN(CCOC)C(CN)c1ccc(Br)s1. The van der Waals surface area contributed by atoms with Crippen LogP contribution in [0.15, 0.2) is 15.9 Å². The monoisotopic (exact) mass is 350 g/mol. The third-order valence-electron chi connectivity index (χ3n) is 2.96. The highest BCUT2D eigenvalue weighted by molar-refractivity contribution is 9.11. The molecule has 0 aliphatic heterocycles. The average molecular weight is 351 g/mol. The van der Waals surface area contributed by atoms with Gasteiger partial charge in [0, 0.05) is 45.3 Å². The predicted molar refractivity (Wildman–Crippen MR) is 83.8 cm³/mol. The Balaban J connectivity index is 2.67. The van der Waals surface area contributed by atoms with E-state index in [1.54, 1.807) is 25.6 Å². The summed E-state index contributed by atoms with van der Waals surface area (Å²) in [6, 6.07) is 4.47. The van der Waals surface area contributed by atoms with Crippen molar-refractivity contribution in [3.8, 4) is 0 Å². The van der Waals surface area contributed by atoms with Crippen molar-refractivity contribution in [2.24, 2.45) is 5.73 Å². The van der Waals surface area contributed by atoms with Gasteiger partial charge in [0.15, 0.2) is 0 Å². The van der Waals surface area contributed by atoms with Crippen LogP contribution in [0.3, 0.4) is 0 Å². The highest BCUT2D eigenvalue weighted by Gasteiger charge is 2.20. The van der Waals surface area contributed by atoms with E-state index in [4.69, 9.17) is 15.2 Å². The molecule has 0 amide bonds. The largest absolute Gasteiger partial charge is 0.385 e. The molecule has 1 heterocycles. The minimum absolute atomic E-state index is 0.253. The van der Waals surface area contributed by atoms with Crippen molar-refractivity contribution in [2.75, 3.05) is 47.1 Å². The summed E-state index contributed by atoms with van der Waals surface area (Å²) < 4.78 is 11.5. The van der Waals surface area contributed by atoms with Crippen LogP contribution >= 0.6 is 27.3 Å². The standard InChI is InChI=1S/C13H23BrN2O2S/c1-17-8-3-6-16(7-9-18-2)11(10-15)12-4-5-13(14)19-12/h4-5,11H,3,6-10,15H2,1-2H3. The zero-order valence-corrected chi connectivity index (χ0v) is 14.0. The van der Waals surface area contributed by atoms with Crippen molar-refractivity contribution in [1.29, 1.82) is 0 Å². The van der Waals surface area contributed by atoms with Gasteiger partial charge < -0.3 is 15.2 Å². The second kappa shape index (κ2) is 9.85. The van der Waals surface area contributed by atoms with E-state index in [0.29, 0.717) is 6.54 Å². The molecule has 19 heavy (non-hydrogen) atoms. The van der Waals surface area contributed by atoms with Gasteiger partial charge in [-0.1, -0.05) is 0 Å². The third-order valence-corrected chi connectivity index (χ3v) is 4.69. The van der Waals surface area contributed by atoms with E-state index in [-0.39, 0.29) is 6.04 Å². The zero-order valence-electron chi connectivity index (χ0n) is 11.6. The summed E-state index contributed by atoms with van der Waals surface area (Å²) in [5.74, 6) is 0. The van der Waals surface area contributed by atoms with Crippen LogP contribution in [-0.2, 0) is 9.47 Å². The first-order valence-corrected chi connectivity index (χ1v) is 8.01. The Morgan fingerprint density at radius 3 is 2.53 bits per heavy atom. The molecule has 0 aliphatic carbocycles. The maximum atomic E-state index is 5.97. The van der Waals surface area contributed by atoms with Gasteiger partial charge in [0.1, 0.15) is 0 Å². The van der Waals surface area contributed by atoms with Gasteiger partial charge in [-0.2, -0.15) is 0 Å². The number of hydrogen-bond acceptors (Lipinski definition) is 5. The summed E-state index contributed by atoms with van der Waals surface area (Å²) in [6.45, 7) is 3.96. The lowest BCUT2D eigenvalue weighted by Gasteiger charge is -2.30. The molecule has 6 heteroatoms. The van der Waals surface area contributed by atoms with E-state index < -0.39 is 0 Å². The maximum absolute atomic E-state index is 5.97. The summed E-state index contributed by atoms with van der Waals surface area (Å²) in [4.78, 5) is 3.67. The molecule has 1 rings (SSSR count). The van der Waals surface area contributed by atoms with E-state index in [1.807, 2.05) is 0 Å². The predicted octanol–water partition coefficient (Wildman–Crippen LogP) is 2.50. The zero-order chi connectivity index (χ0) is 14.1. The van der Waals surface area contributed by atoms with Gasteiger partial charge in [0.2, 0.25) is 0 Å². The fourth-order valence-electron chi connectivity index (χ4n) is 2.00. The van der Waals surface area contributed by atoms with Gasteiger partial charge in [0.25, 0.3) is 0 Å². The third kappa shape index (κ3) is 5.89. The van der Waals surface area contributed by atoms with Crippen molar-refractivity contribution in [2.45, 2.75) is 12.5 Å². The highest BCUT2D eigenvalue weighted by Crippen LogP contribution is 2.30. The molecular formula is C13H23BrN2O2S. The number of nitrogens with two attached hydrogens (primary N) is 1. The van der Waals surface area contributed by atoms with Crippen molar-refractivity contribution in [3.05, 3.63) is 20.8 Å². The molecule has 4 nitrogen and oxygen atoms in total. The molecular weight excluding hydrogens is 328 g/mol. The minimum Gasteiger partial charge on any atom is -0.385 e. The van der Waals surface area contributed by atoms with Crippen LogP contribution < -0.4 is 5.73 Å². The lowest BCUT2D eigenvalue weighted by molar-refractivity contribution is 0.109. The van der Waals surface area contributed by atoms with Crippen LogP contribution in [0.25, 0.3) is 0 Å². The van der Waals surface area contributed by atoms with Gasteiger partial charge in [-0.25, -0.2) is 0 Å². The van der Waals surface area contributed by atoms with Crippen molar-refractivity contribution >= 4 is 27.3 Å². The lowest BCUT2D eigenvalue weighted by Crippen LogP contribution is -2.36. The smallest absolute Gasteiger partial charge is 0.0702 e. The van der Waals surface area contributed by atoms with Crippen LogP contribution in [0.1, 0.15) is 17.3 Å². The molecule has 1 aromatic rings. The van der Waals surface area contributed by atoms with Crippen LogP contribution in [0, 0.1) is 0 Å². The first kappa shape index (κ1) is 17.1. The Kier molecular flexibility index (Phi) is 8.85. The molecule has 0 fully saturated rings. The van der Waals surface area contributed by atoms with Crippen molar-refractivity contribution < 1.29 is 9.47 Å². The summed E-state index contributed by atoms with van der Waals surface area (Å²) in [7, 11) is 3.46. The number of nitrogens with zero attached hydrogens (tertiary/aromatic N) is 1. The van der Waals surface area contributed by atoms with Gasteiger partial charge in [-0.05, 0) is 34.5 Å². The topological polar surface area (TPSA) is 47.7 Å². The minimum atomic E-state index is 0.253. The van der Waals surface area contributed by atoms with Crippen LogP contribution in [0.4, 0.5) is 0 Å². The number of hydrogen-bond donors (Lipinski definition) is 1. The number of halogens is 1. The summed E-state index contributed by atoms with van der Waals surface area (Å²) in [5, 5.41) is 0. The molecule has 1 unspecified atom stereocenters. The lowest BCUT2D eigenvalue weighted by atomic mass is 10.2. The Labute approximate surface area is 128 Å². The number of rotatable bonds is 10. The molecule has 110 valence electrons. The van der Waals surface area contributed by atoms with E-state index in [1.165, 1.54) is 4.88 Å². The number of ether oxygens (including phenoxy) is 2. The fraction of sp³-hybridized carbons (Fsp3) is 0.692. The molecule has 0 bridgehead atoms. The quantitative estimate of drug-likeness (QED) is 0.658. The summed E-state index contributed by atoms with van der Waals surface area (Å²) >= 11 is 5.25. The molecule has 0 spiro atoms. The van der Waals surface area contributed by atoms with Crippen molar-refractivity contribution in [3.63, 3.8) is 0 Å². The first-order chi connectivity index (χ1) is 9.22. The Morgan fingerprint density at radius 2 is 2.00 bits per heavy atom. The van der Waals surface area contributed by atoms with E-state index in [9.17, 15) is 0 Å². The summed E-state index contributed by atoms with van der Waals surface area (Å²) in [5.41, 5.74) is 5.97. The average Bonchev–Trinajstić information content (AvgIpc) is 2.83. The van der Waals surface area contributed by atoms with Crippen molar-refractivity contribution in [1.82, 2.24) is 4.90 Å². The van der Waals surface area contributed by atoms with Gasteiger partial charge in [0.05, 0.1) is 16.4 Å². The Bertz CT molecular complexity index is 349. The van der Waals surface area contributed by atoms with Crippen LogP contribution in [0.2, 0.25) is 0 Å². The molecule has 0 aliphatic rings. The Morgan fingerprint density at radius 1 is 1.26 bits per heavy atom. The molecule has 0 saturated carbocycles. The molecule has 1 atom stereocenters. The Hall–Kier alpha value is 0.0200. The summed E-state index contributed by atoms with van der Waals surface area (Å²) in [6.07, 6.45) is 1.00. The normalized spacial score (nSPS) is 13.1. The second-order valence-corrected chi connectivity index (χ2v) is 6.76. The van der Waals surface area contributed by atoms with Gasteiger partial charge >= 0.3 is 0 Å². The molecule has 0 saturated heterocycles. The maximum Gasteiger partial charge on any atom is 0.0702 e. The van der Waals surface area contributed by atoms with Gasteiger partial charge in [-0.15, -0.1) is 11.3 Å². The second-order valence-electron chi connectivity index (χ2n) is 4.27. The first-order valence-electron chi connectivity index (χ1n) is 6.40. The molecule has 0 aromatic carbocycles. The highest BCUT2D eigenvalue weighted by atomic mass is 79.9. The van der Waals surface area contributed by atoms with Crippen LogP contribution in [0.5, 0.6) is 0 Å². The van der Waals surface area contributed by atoms with E-state index >= 15 is 0 Å². The number of methoxy groups -OCH3 is 2.